The molecule has 0 amide bonds. The fourth-order valence-corrected chi connectivity index (χ4v) is 2.77. The van der Waals surface area contributed by atoms with E-state index in [1.807, 2.05) is 6.08 Å². The van der Waals surface area contributed by atoms with Gasteiger partial charge >= 0.3 is 0 Å². The fourth-order valence-electron chi connectivity index (χ4n) is 2.77. The van der Waals surface area contributed by atoms with Crippen LogP contribution < -0.4 is 0 Å². The van der Waals surface area contributed by atoms with E-state index in [9.17, 15) is 15.3 Å². The van der Waals surface area contributed by atoms with Crippen LogP contribution in [0.2, 0.25) is 0 Å². The zero-order chi connectivity index (χ0) is 16.9. The van der Waals surface area contributed by atoms with Crippen LogP contribution in [0.25, 0.3) is 0 Å². The minimum Gasteiger partial charge on any atom is -0.388 e. The molecular weight excluding hydrogens is 296 g/mol. The van der Waals surface area contributed by atoms with E-state index in [4.69, 9.17) is 9.47 Å². The Hall–Kier alpha value is -0.460. The number of hydrogen-bond acceptors (Lipinski definition) is 5. The first kappa shape index (κ1) is 20.6. The van der Waals surface area contributed by atoms with Gasteiger partial charge in [0.2, 0.25) is 0 Å². The highest BCUT2D eigenvalue weighted by Gasteiger charge is 2.37. The van der Waals surface area contributed by atoms with Crippen LogP contribution in [0, 0.1) is 0 Å². The number of ether oxygens (including phenoxy) is 2. The average Bonchev–Trinajstić information content (AvgIpc) is 2.55. The molecule has 0 spiro atoms. The summed E-state index contributed by atoms with van der Waals surface area (Å²) >= 11 is 0. The monoisotopic (exact) mass is 330 g/mol. The van der Waals surface area contributed by atoms with Crippen molar-refractivity contribution in [1.82, 2.24) is 0 Å². The second-order valence-corrected chi connectivity index (χ2v) is 6.40. The maximum absolute atomic E-state index is 9.76. The van der Waals surface area contributed by atoms with Gasteiger partial charge in [-0.15, -0.1) is 6.58 Å². The van der Waals surface area contributed by atoms with Gasteiger partial charge in [-0.2, -0.15) is 0 Å². The number of hydrogen-bond donors (Lipinski definition) is 3. The van der Waals surface area contributed by atoms with Gasteiger partial charge in [0.25, 0.3) is 0 Å². The van der Waals surface area contributed by atoms with Gasteiger partial charge in [0.15, 0.2) is 0 Å². The van der Waals surface area contributed by atoms with Gasteiger partial charge in [-0.1, -0.05) is 44.6 Å². The summed E-state index contributed by atoms with van der Waals surface area (Å²) in [5, 5.41) is 28.7. The Morgan fingerprint density at radius 2 is 1.52 bits per heavy atom. The molecule has 1 rings (SSSR count). The summed E-state index contributed by atoms with van der Waals surface area (Å²) < 4.78 is 10.8. The molecule has 3 N–H and O–H groups in total. The third kappa shape index (κ3) is 8.82. The van der Waals surface area contributed by atoms with Crippen LogP contribution >= 0.6 is 0 Å². The van der Waals surface area contributed by atoms with Gasteiger partial charge in [-0.3, -0.25) is 0 Å². The minimum absolute atomic E-state index is 0.0407. The van der Waals surface area contributed by atoms with Crippen molar-refractivity contribution in [2.24, 2.45) is 0 Å². The maximum Gasteiger partial charge on any atom is 0.111 e. The van der Waals surface area contributed by atoms with Gasteiger partial charge in [0, 0.05) is 6.61 Å². The summed E-state index contributed by atoms with van der Waals surface area (Å²) in [5.41, 5.74) is 0. The molecule has 5 nitrogen and oxygen atoms in total. The Labute approximate surface area is 140 Å². The van der Waals surface area contributed by atoms with E-state index in [1.54, 1.807) is 0 Å². The Morgan fingerprint density at radius 1 is 0.913 bits per heavy atom. The number of unbranched alkanes of at least 4 members (excludes halogenated alkanes) is 8. The first-order valence-corrected chi connectivity index (χ1v) is 9.01. The molecule has 0 radical (unpaired) electrons. The van der Waals surface area contributed by atoms with Crippen LogP contribution in [0.4, 0.5) is 0 Å². The van der Waals surface area contributed by atoms with E-state index in [0.29, 0.717) is 6.61 Å². The molecule has 23 heavy (non-hydrogen) atoms. The van der Waals surface area contributed by atoms with Gasteiger partial charge < -0.3 is 24.8 Å². The van der Waals surface area contributed by atoms with Gasteiger partial charge in [0.05, 0.1) is 13.2 Å². The summed E-state index contributed by atoms with van der Waals surface area (Å²) in [4.78, 5) is 0. The second kappa shape index (κ2) is 12.9. The lowest BCUT2D eigenvalue weighted by atomic mass is 10.0. The van der Waals surface area contributed by atoms with Gasteiger partial charge in [0.1, 0.15) is 24.4 Å². The largest absolute Gasteiger partial charge is 0.388 e. The van der Waals surface area contributed by atoms with Crippen LogP contribution in [0.5, 0.6) is 0 Å². The first-order chi connectivity index (χ1) is 11.2. The topological polar surface area (TPSA) is 79.2 Å². The van der Waals surface area contributed by atoms with Crippen LogP contribution in [0.1, 0.15) is 57.8 Å². The molecule has 0 bridgehead atoms. The molecule has 5 heteroatoms. The van der Waals surface area contributed by atoms with Gasteiger partial charge in [-0.25, -0.2) is 0 Å². The Balaban J connectivity index is 1.87. The molecule has 1 aliphatic heterocycles. The Morgan fingerprint density at radius 3 is 2.17 bits per heavy atom. The van der Waals surface area contributed by atoms with Crippen molar-refractivity contribution in [3.63, 3.8) is 0 Å². The zero-order valence-corrected chi connectivity index (χ0v) is 14.2. The lowest BCUT2D eigenvalue weighted by Crippen LogP contribution is -2.54. The zero-order valence-electron chi connectivity index (χ0n) is 14.2. The number of rotatable bonds is 13. The van der Waals surface area contributed by atoms with Crippen molar-refractivity contribution in [3.8, 4) is 0 Å². The molecular formula is C18H34O5. The maximum atomic E-state index is 9.76. The predicted molar refractivity (Wildman–Crippen MR) is 90.3 cm³/mol. The standard InChI is InChI=1S/C18H34O5/c1-2-3-4-5-6-7-8-9-10-11-12-22-14-16-18(21)17(20)15(19)13-23-16/h2,15-21H,1,3-14H2/t15-,16+,17+,18+/m0/s1. The van der Waals surface area contributed by atoms with Crippen molar-refractivity contribution in [3.05, 3.63) is 12.7 Å². The van der Waals surface area contributed by atoms with Crippen LogP contribution in [-0.2, 0) is 9.47 Å². The highest BCUT2D eigenvalue weighted by Crippen LogP contribution is 2.16. The van der Waals surface area contributed by atoms with Crippen molar-refractivity contribution in [2.45, 2.75) is 82.2 Å². The molecule has 136 valence electrons. The SMILES string of the molecule is C=CCCCCCCCCCCOC[C@H]1OC[C@H](O)[C@@H](O)[C@@H]1O. The summed E-state index contributed by atoms with van der Waals surface area (Å²) in [6.07, 6.45) is 9.18. The van der Waals surface area contributed by atoms with E-state index in [0.717, 1.165) is 19.3 Å². The fraction of sp³-hybridized carbons (Fsp3) is 0.889. The van der Waals surface area contributed by atoms with Crippen molar-refractivity contribution >= 4 is 0 Å². The highest BCUT2D eigenvalue weighted by atomic mass is 16.6. The van der Waals surface area contributed by atoms with E-state index in [2.05, 4.69) is 6.58 Å². The van der Waals surface area contributed by atoms with E-state index in [1.165, 1.54) is 38.5 Å². The van der Waals surface area contributed by atoms with Crippen molar-refractivity contribution < 1.29 is 24.8 Å². The molecule has 0 aliphatic carbocycles. The molecule has 1 saturated heterocycles. The lowest BCUT2D eigenvalue weighted by molar-refractivity contribution is -0.199. The van der Waals surface area contributed by atoms with Crippen molar-refractivity contribution in [1.29, 1.82) is 0 Å². The number of allylic oxidation sites excluding steroid dienone is 1. The number of aliphatic hydroxyl groups excluding tert-OH is 3. The number of aliphatic hydroxyl groups is 3. The summed E-state index contributed by atoms with van der Waals surface area (Å²) in [6, 6.07) is 0. The normalized spacial score (nSPS) is 28.0. The summed E-state index contributed by atoms with van der Waals surface area (Å²) in [6.45, 7) is 4.67. The van der Waals surface area contributed by atoms with E-state index < -0.39 is 24.4 Å². The Bertz CT molecular complexity index is 297. The molecule has 0 unspecified atom stereocenters. The molecule has 1 aliphatic rings. The summed E-state index contributed by atoms with van der Waals surface area (Å²) in [5.74, 6) is 0. The average molecular weight is 330 g/mol. The third-order valence-electron chi connectivity index (χ3n) is 4.34. The lowest BCUT2D eigenvalue weighted by Gasteiger charge is -2.35. The second-order valence-electron chi connectivity index (χ2n) is 6.40. The van der Waals surface area contributed by atoms with Crippen LogP contribution in [0.15, 0.2) is 12.7 Å². The molecule has 0 aromatic heterocycles. The Kier molecular flexibility index (Phi) is 11.5. The summed E-state index contributed by atoms with van der Waals surface area (Å²) in [7, 11) is 0. The molecule has 0 aromatic carbocycles. The predicted octanol–water partition coefficient (Wildman–Crippen LogP) is 2.18. The first-order valence-electron chi connectivity index (χ1n) is 9.01. The smallest absolute Gasteiger partial charge is 0.111 e. The third-order valence-corrected chi connectivity index (χ3v) is 4.34. The molecule has 0 saturated carbocycles. The van der Waals surface area contributed by atoms with Crippen molar-refractivity contribution in [2.75, 3.05) is 19.8 Å². The quantitative estimate of drug-likeness (QED) is 0.356. The molecule has 0 aromatic rings. The van der Waals surface area contributed by atoms with Crippen LogP contribution in [0.3, 0.4) is 0 Å². The molecule has 1 heterocycles. The van der Waals surface area contributed by atoms with Gasteiger partial charge in [-0.05, 0) is 19.3 Å². The van der Waals surface area contributed by atoms with Crippen LogP contribution in [-0.4, -0.2) is 59.6 Å². The van der Waals surface area contributed by atoms with E-state index >= 15 is 0 Å². The molecule has 1 fully saturated rings. The highest BCUT2D eigenvalue weighted by molar-refractivity contribution is 4.86. The molecule has 4 atom stereocenters. The van der Waals surface area contributed by atoms with E-state index in [-0.39, 0.29) is 13.2 Å². The minimum atomic E-state index is -1.15.